The molecule has 0 spiro atoms. The van der Waals surface area contributed by atoms with Crippen LogP contribution in [0.1, 0.15) is 20.7 Å². The van der Waals surface area contributed by atoms with E-state index < -0.39 is 5.97 Å². The van der Waals surface area contributed by atoms with Crippen LogP contribution >= 0.6 is 0 Å². The molecule has 104 valence electrons. The topological polar surface area (TPSA) is 108 Å². The van der Waals surface area contributed by atoms with Gasteiger partial charge in [0.15, 0.2) is 0 Å². The number of hydrogen-bond acceptors (Lipinski definition) is 4. The number of hydrogen-bond donors (Lipinski definition) is 3. The Morgan fingerprint density at radius 2 is 1.90 bits per heavy atom. The van der Waals surface area contributed by atoms with Crippen molar-refractivity contribution in [3.63, 3.8) is 0 Å². The first-order valence-electron chi connectivity index (χ1n) is 6.07. The summed E-state index contributed by atoms with van der Waals surface area (Å²) in [5.41, 5.74) is 1.28. The maximum Gasteiger partial charge on any atom is 0.337 e. The quantitative estimate of drug-likeness (QED) is 0.680. The number of aromatic nitrogens is 3. The zero-order valence-electron chi connectivity index (χ0n) is 10.7. The van der Waals surface area contributed by atoms with Crippen molar-refractivity contribution in [1.82, 2.24) is 15.2 Å². The third-order valence-electron chi connectivity index (χ3n) is 2.96. The summed E-state index contributed by atoms with van der Waals surface area (Å²) in [5, 5.41) is 19.0. The third-order valence-corrected chi connectivity index (χ3v) is 2.96. The number of nitrogens with zero attached hydrogens (tertiary/aromatic N) is 2. The van der Waals surface area contributed by atoms with E-state index in [0.717, 1.165) is 10.9 Å². The largest absolute Gasteiger partial charge is 0.478 e. The molecular weight excluding hydrogens is 272 g/mol. The van der Waals surface area contributed by atoms with E-state index in [1.54, 1.807) is 24.4 Å². The molecule has 3 rings (SSSR count). The molecule has 0 radical (unpaired) electrons. The van der Waals surface area contributed by atoms with E-state index in [1.807, 2.05) is 0 Å². The van der Waals surface area contributed by atoms with Crippen LogP contribution < -0.4 is 5.32 Å². The van der Waals surface area contributed by atoms with Gasteiger partial charge >= 0.3 is 5.97 Å². The Kier molecular flexibility index (Phi) is 3.07. The van der Waals surface area contributed by atoms with Gasteiger partial charge in [0.1, 0.15) is 5.82 Å². The van der Waals surface area contributed by atoms with Crippen molar-refractivity contribution in [2.24, 2.45) is 0 Å². The first kappa shape index (κ1) is 12.8. The monoisotopic (exact) mass is 282 g/mol. The van der Waals surface area contributed by atoms with E-state index in [1.165, 1.54) is 18.3 Å². The van der Waals surface area contributed by atoms with Gasteiger partial charge in [-0.15, -0.1) is 0 Å². The van der Waals surface area contributed by atoms with Crippen molar-refractivity contribution in [1.29, 1.82) is 0 Å². The van der Waals surface area contributed by atoms with Gasteiger partial charge in [-0.25, -0.2) is 9.78 Å². The Labute approximate surface area is 118 Å². The van der Waals surface area contributed by atoms with Crippen molar-refractivity contribution in [2.75, 3.05) is 5.32 Å². The standard InChI is InChI=1S/C14H10N4O3/c19-13(8-1-2-9-7-16-18-11(9)5-8)17-12-4-3-10(6-15-12)14(20)21/h1-7H,(H,16,18)(H,20,21)(H,15,17,19). The summed E-state index contributed by atoms with van der Waals surface area (Å²) in [7, 11) is 0. The molecule has 0 aliphatic rings. The van der Waals surface area contributed by atoms with Gasteiger partial charge in [-0.1, -0.05) is 6.07 Å². The van der Waals surface area contributed by atoms with E-state index in [2.05, 4.69) is 20.5 Å². The molecular formula is C14H10N4O3. The van der Waals surface area contributed by atoms with Gasteiger partial charge in [0.25, 0.3) is 5.91 Å². The van der Waals surface area contributed by atoms with E-state index in [-0.39, 0.29) is 17.3 Å². The van der Waals surface area contributed by atoms with E-state index >= 15 is 0 Å². The lowest BCUT2D eigenvalue weighted by Gasteiger charge is -2.04. The Balaban J connectivity index is 1.80. The molecule has 0 aliphatic carbocycles. The van der Waals surface area contributed by atoms with Crippen LogP contribution in [0.4, 0.5) is 5.82 Å². The van der Waals surface area contributed by atoms with Crippen LogP contribution in [0.25, 0.3) is 10.9 Å². The number of benzene rings is 1. The number of aromatic amines is 1. The molecule has 3 N–H and O–H groups in total. The lowest BCUT2D eigenvalue weighted by molar-refractivity contribution is 0.0696. The minimum atomic E-state index is -1.06. The van der Waals surface area contributed by atoms with E-state index in [9.17, 15) is 9.59 Å². The van der Waals surface area contributed by atoms with Gasteiger partial charge in [-0.2, -0.15) is 5.10 Å². The fourth-order valence-corrected chi connectivity index (χ4v) is 1.86. The number of fused-ring (bicyclic) bond motifs is 1. The van der Waals surface area contributed by atoms with Crippen LogP contribution in [0.5, 0.6) is 0 Å². The number of aromatic carboxylic acids is 1. The zero-order valence-corrected chi connectivity index (χ0v) is 10.7. The highest BCUT2D eigenvalue weighted by Gasteiger charge is 2.09. The second kappa shape index (κ2) is 5.04. The molecule has 3 aromatic rings. The summed E-state index contributed by atoms with van der Waals surface area (Å²) in [4.78, 5) is 26.7. The second-order valence-corrected chi connectivity index (χ2v) is 4.36. The van der Waals surface area contributed by atoms with Crippen LogP contribution in [0, 0.1) is 0 Å². The Bertz CT molecular complexity index is 824. The summed E-state index contributed by atoms with van der Waals surface area (Å²) >= 11 is 0. The number of rotatable bonds is 3. The third kappa shape index (κ3) is 2.57. The summed E-state index contributed by atoms with van der Waals surface area (Å²) < 4.78 is 0. The van der Waals surface area contributed by atoms with Gasteiger partial charge in [-0.3, -0.25) is 9.89 Å². The van der Waals surface area contributed by atoms with Crippen LogP contribution in [-0.2, 0) is 0 Å². The Hall–Kier alpha value is -3.22. The number of carboxylic acid groups (broad SMARTS) is 1. The first-order chi connectivity index (χ1) is 10.1. The van der Waals surface area contributed by atoms with Gasteiger partial charge in [-0.05, 0) is 24.3 Å². The van der Waals surface area contributed by atoms with E-state index in [0.29, 0.717) is 5.56 Å². The normalized spacial score (nSPS) is 10.5. The molecule has 0 fully saturated rings. The average Bonchev–Trinajstić information content (AvgIpc) is 2.95. The molecule has 0 saturated heterocycles. The van der Waals surface area contributed by atoms with Crippen molar-refractivity contribution < 1.29 is 14.7 Å². The second-order valence-electron chi connectivity index (χ2n) is 4.36. The maximum atomic E-state index is 12.1. The highest BCUT2D eigenvalue weighted by molar-refractivity contribution is 6.05. The zero-order chi connectivity index (χ0) is 14.8. The van der Waals surface area contributed by atoms with Gasteiger partial charge in [0, 0.05) is 17.1 Å². The number of anilines is 1. The predicted molar refractivity (Wildman–Crippen MR) is 75.2 cm³/mol. The fraction of sp³-hybridized carbons (Fsp3) is 0. The van der Waals surface area contributed by atoms with Gasteiger partial charge in [0.05, 0.1) is 17.3 Å². The minimum Gasteiger partial charge on any atom is -0.478 e. The summed E-state index contributed by atoms with van der Waals surface area (Å²) in [6.07, 6.45) is 2.86. The molecule has 7 heteroatoms. The molecule has 2 aromatic heterocycles. The number of carbonyl (C=O) groups is 2. The Morgan fingerprint density at radius 3 is 2.62 bits per heavy atom. The number of pyridine rings is 1. The SMILES string of the molecule is O=C(O)c1ccc(NC(=O)c2ccc3cn[nH]c3c2)nc1. The molecule has 0 aliphatic heterocycles. The average molecular weight is 282 g/mol. The van der Waals surface area contributed by atoms with Crippen LogP contribution in [0.2, 0.25) is 0 Å². The minimum absolute atomic E-state index is 0.0619. The Morgan fingerprint density at radius 1 is 1.10 bits per heavy atom. The molecule has 2 heterocycles. The van der Waals surface area contributed by atoms with Crippen LogP contribution in [0.3, 0.4) is 0 Å². The molecule has 0 atom stereocenters. The first-order valence-corrected chi connectivity index (χ1v) is 6.07. The fourth-order valence-electron chi connectivity index (χ4n) is 1.86. The number of carboxylic acids is 1. The number of nitrogens with one attached hydrogen (secondary N) is 2. The molecule has 0 bridgehead atoms. The lowest BCUT2D eigenvalue weighted by atomic mass is 10.1. The van der Waals surface area contributed by atoms with Crippen molar-refractivity contribution in [2.45, 2.75) is 0 Å². The lowest BCUT2D eigenvalue weighted by Crippen LogP contribution is -2.13. The molecule has 1 aromatic carbocycles. The highest BCUT2D eigenvalue weighted by Crippen LogP contribution is 2.14. The summed E-state index contributed by atoms with van der Waals surface area (Å²) in [5.74, 6) is -1.11. The molecule has 0 unspecified atom stereocenters. The molecule has 21 heavy (non-hydrogen) atoms. The smallest absolute Gasteiger partial charge is 0.337 e. The molecule has 0 saturated carbocycles. The van der Waals surface area contributed by atoms with Crippen LogP contribution in [-0.4, -0.2) is 32.2 Å². The maximum absolute atomic E-state index is 12.1. The van der Waals surface area contributed by atoms with E-state index in [4.69, 9.17) is 5.11 Å². The van der Waals surface area contributed by atoms with Gasteiger partial charge in [0.2, 0.25) is 0 Å². The highest BCUT2D eigenvalue weighted by atomic mass is 16.4. The molecule has 7 nitrogen and oxygen atoms in total. The van der Waals surface area contributed by atoms with Crippen molar-refractivity contribution in [3.8, 4) is 0 Å². The van der Waals surface area contributed by atoms with Crippen molar-refractivity contribution in [3.05, 3.63) is 53.9 Å². The van der Waals surface area contributed by atoms with Crippen molar-refractivity contribution >= 4 is 28.6 Å². The molecule has 1 amide bonds. The predicted octanol–water partition coefficient (Wildman–Crippen LogP) is 1.91. The van der Waals surface area contributed by atoms with Gasteiger partial charge < -0.3 is 10.4 Å². The number of amides is 1. The number of H-pyrrole nitrogens is 1. The number of carbonyl (C=O) groups excluding carboxylic acids is 1. The summed E-state index contributed by atoms with van der Waals surface area (Å²) in [6.45, 7) is 0. The van der Waals surface area contributed by atoms with Crippen LogP contribution in [0.15, 0.2) is 42.7 Å². The summed E-state index contributed by atoms with van der Waals surface area (Å²) in [6, 6.07) is 7.97.